The van der Waals surface area contributed by atoms with E-state index in [-0.39, 0.29) is 25.5 Å². The Kier molecular flexibility index (Phi) is 4.44. The van der Waals surface area contributed by atoms with Crippen LogP contribution in [0, 0.1) is 0 Å². The lowest BCUT2D eigenvalue weighted by atomic mass is 10.0. The highest BCUT2D eigenvalue weighted by Gasteiger charge is 2.33. The van der Waals surface area contributed by atoms with E-state index < -0.39 is 24.4 Å². The molecule has 0 aromatic heterocycles. The first-order chi connectivity index (χ1) is 7.00. The van der Waals surface area contributed by atoms with Crippen molar-refractivity contribution in [2.24, 2.45) is 5.73 Å². The summed E-state index contributed by atoms with van der Waals surface area (Å²) < 4.78 is 18.5. The molecule has 0 aromatic carbocycles. The summed E-state index contributed by atoms with van der Waals surface area (Å²) in [5, 5.41) is 11.4. The summed E-state index contributed by atoms with van der Waals surface area (Å²) in [6.45, 7) is 1.95. The van der Waals surface area contributed by atoms with Gasteiger partial charge in [0.25, 0.3) is 0 Å². The molecule has 0 radical (unpaired) electrons. The van der Waals surface area contributed by atoms with Crippen LogP contribution in [0.15, 0.2) is 0 Å². The molecule has 0 aliphatic carbocycles. The van der Waals surface area contributed by atoms with Crippen LogP contribution in [0.5, 0.6) is 0 Å². The van der Waals surface area contributed by atoms with Crippen molar-refractivity contribution in [1.82, 2.24) is 5.32 Å². The molecule has 1 aliphatic rings. The van der Waals surface area contributed by atoms with Crippen LogP contribution >= 0.6 is 0 Å². The third-order valence-corrected chi connectivity index (χ3v) is 2.26. The second-order valence-corrected chi connectivity index (χ2v) is 3.88. The standard InChI is InChI=1S/C9H17FN2O3/c1-5(11)4-15-8-6(10)2-3-7(12-8)9(13)14/h5-8,12H,2-4,11H2,1H3,(H,13,14). The Bertz CT molecular complexity index is 225. The van der Waals surface area contributed by atoms with E-state index in [9.17, 15) is 9.18 Å². The fraction of sp³-hybridized carbons (Fsp3) is 0.889. The van der Waals surface area contributed by atoms with Crippen molar-refractivity contribution in [3.63, 3.8) is 0 Å². The van der Waals surface area contributed by atoms with Crippen LogP contribution in [-0.4, -0.2) is 42.2 Å². The van der Waals surface area contributed by atoms with Crippen molar-refractivity contribution < 1.29 is 19.0 Å². The Morgan fingerprint density at radius 1 is 1.73 bits per heavy atom. The number of ether oxygens (including phenoxy) is 1. The predicted molar refractivity (Wildman–Crippen MR) is 52.1 cm³/mol. The molecule has 4 N–H and O–H groups in total. The number of aliphatic carboxylic acids is 1. The van der Waals surface area contributed by atoms with Crippen molar-refractivity contribution in [1.29, 1.82) is 0 Å². The summed E-state index contributed by atoms with van der Waals surface area (Å²) in [7, 11) is 0. The number of halogens is 1. The lowest BCUT2D eigenvalue weighted by molar-refractivity contribution is -0.144. The molecule has 15 heavy (non-hydrogen) atoms. The lowest BCUT2D eigenvalue weighted by Gasteiger charge is -2.31. The molecule has 4 unspecified atom stereocenters. The van der Waals surface area contributed by atoms with Crippen LogP contribution in [0.3, 0.4) is 0 Å². The lowest BCUT2D eigenvalue weighted by Crippen LogP contribution is -2.54. The van der Waals surface area contributed by atoms with E-state index in [1.54, 1.807) is 6.92 Å². The van der Waals surface area contributed by atoms with E-state index in [4.69, 9.17) is 15.6 Å². The molecule has 6 heteroatoms. The average molecular weight is 220 g/mol. The van der Waals surface area contributed by atoms with Crippen molar-refractivity contribution in [3.05, 3.63) is 0 Å². The molecule has 0 bridgehead atoms. The quantitative estimate of drug-likeness (QED) is 0.613. The van der Waals surface area contributed by atoms with E-state index >= 15 is 0 Å². The normalized spacial score (nSPS) is 33.7. The third kappa shape index (κ3) is 3.73. The third-order valence-electron chi connectivity index (χ3n) is 2.26. The molecule has 4 atom stereocenters. The molecule has 88 valence electrons. The van der Waals surface area contributed by atoms with Gasteiger partial charge in [0, 0.05) is 6.04 Å². The van der Waals surface area contributed by atoms with Gasteiger partial charge in [-0.1, -0.05) is 0 Å². The van der Waals surface area contributed by atoms with E-state index in [0.717, 1.165) is 0 Å². The highest BCUT2D eigenvalue weighted by molar-refractivity contribution is 5.73. The maximum Gasteiger partial charge on any atom is 0.320 e. The smallest absolute Gasteiger partial charge is 0.320 e. The SMILES string of the molecule is CC(N)COC1NC(C(=O)O)CCC1F. The minimum atomic E-state index is -1.17. The van der Waals surface area contributed by atoms with Crippen LogP contribution in [0.2, 0.25) is 0 Å². The summed E-state index contributed by atoms with van der Waals surface area (Å²) in [6.07, 6.45) is -1.53. The molecular formula is C9H17FN2O3. The molecule has 1 fully saturated rings. The Balaban J connectivity index is 2.42. The average Bonchev–Trinajstić information content (AvgIpc) is 2.16. The molecule has 1 heterocycles. The van der Waals surface area contributed by atoms with Crippen molar-refractivity contribution >= 4 is 5.97 Å². The summed E-state index contributed by atoms with van der Waals surface area (Å²) in [5.41, 5.74) is 5.46. The van der Waals surface area contributed by atoms with Gasteiger partial charge in [0.2, 0.25) is 0 Å². The van der Waals surface area contributed by atoms with Gasteiger partial charge in [-0.25, -0.2) is 4.39 Å². The van der Waals surface area contributed by atoms with E-state index in [1.165, 1.54) is 0 Å². The molecule has 5 nitrogen and oxygen atoms in total. The molecule has 0 spiro atoms. The summed E-state index contributed by atoms with van der Waals surface area (Å²) in [5.74, 6) is -0.976. The molecule has 1 rings (SSSR count). The van der Waals surface area contributed by atoms with Crippen LogP contribution in [0.4, 0.5) is 4.39 Å². The Morgan fingerprint density at radius 2 is 2.40 bits per heavy atom. The van der Waals surface area contributed by atoms with E-state index in [2.05, 4.69) is 5.32 Å². The minimum Gasteiger partial charge on any atom is -0.480 e. The molecule has 0 saturated carbocycles. The van der Waals surface area contributed by atoms with E-state index in [1.807, 2.05) is 0 Å². The van der Waals surface area contributed by atoms with Crippen LogP contribution in [0.1, 0.15) is 19.8 Å². The first-order valence-electron chi connectivity index (χ1n) is 5.01. The first-order valence-corrected chi connectivity index (χ1v) is 5.01. The highest BCUT2D eigenvalue weighted by Crippen LogP contribution is 2.17. The fourth-order valence-electron chi connectivity index (χ4n) is 1.47. The molecule has 1 saturated heterocycles. The summed E-state index contributed by atoms with van der Waals surface area (Å²) >= 11 is 0. The zero-order valence-electron chi connectivity index (χ0n) is 8.65. The van der Waals surface area contributed by atoms with Gasteiger partial charge in [-0.3, -0.25) is 10.1 Å². The van der Waals surface area contributed by atoms with Gasteiger partial charge < -0.3 is 15.6 Å². The number of nitrogens with two attached hydrogens (primary N) is 1. The number of carbonyl (C=O) groups is 1. The Morgan fingerprint density at radius 3 is 2.93 bits per heavy atom. The Labute approximate surface area is 87.8 Å². The Hall–Kier alpha value is -0.720. The van der Waals surface area contributed by atoms with Crippen molar-refractivity contribution in [3.8, 4) is 0 Å². The molecular weight excluding hydrogens is 203 g/mol. The number of hydrogen-bond donors (Lipinski definition) is 3. The van der Waals surface area contributed by atoms with E-state index in [0.29, 0.717) is 0 Å². The number of carboxylic acid groups (broad SMARTS) is 1. The van der Waals surface area contributed by atoms with Gasteiger partial charge in [-0.15, -0.1) is 0 Å². The predicted octanol–water partition coefficient (Wildman–Crippen LogP) is -0.149. The van der Waals surface area contributed by atoms with Gasteiger partial charge in [0.05, 0.1) is 6.61 Å². The minimum absolute atomic E-state index is 0.191. The summed E-state index contributed by atoms with van der Waals surface area (Å²) in [4.78, 5) is 10.7. The van der Waals surface area contributed by atoms with Crippen molar-refractivity contribution in [2.75, 3.05) is 6.61 Å². The maximum absolute atomic E-state index is 13.3. The molecule has 0 aromatic rings. The second-order valence-electron chi connectivity index (χ2n) is 3.88. The van der Waals surface area contributed by atoms with Gasteiger partial charge in [-0.2, -0.15) is 0 Å². The number of hydrogen-bond acceptors (Lipinski definition) is 4. The van der Waals surface area contributed by atoms with Gasteiger partial charge in [0.1, 0.15) is 18.4 Å². The zero-order chi connectivity index (χ0) is 11.4. The number of rotatable bonds is 4. The van der Waals surface area contributed by atoms with Crippen molar-refractivity contribution in [2.45, 2.75) is 44.2 Å². The van der Waals surface area contributed by atoms with Crippen LogP contribution < -0.4 is 11.1 Å². The summed E-state index contributed by atoms with van der Waals surface area (Å²) in [6, 6.07) is -0.917. The maximum atomic E-state index is 13.3. The number of nitrogens with one attached hydrogen (secondary N) is 1. The van der Waals surface area contributed by atoms with Gasteiger partial charge in [0.15, 0.2) is 0 Å². The topological polar surface area (TPSA) is 84.6 Å². The van der Waals surface area contributed by atoms with Crippen LogP contribution in [0.25, 0.3) is 0 Å². The first kappa shape index (κ1) is 12.4. The van der Waals surface area contributed by atoms with Gasteiger partial charge in [-0.05, 0) is 19.8 Å². The number of alkyl halides is 1. The molecule has 0 amide bonds. The number of piperidine rings is 1. The largest absolute Gasteiger partial charge is 0.480 e. The van der Waals surface area contributed by atoms with Crippen LogP contribution in [-0.2, 0) is 9.53 Å². The highest BCUT2D eigenvalue weighted by atomic mass is 19.1. The fourth-order valence-corrected chi connectivity index (χ4v) is 1.47. The second kappa shape index (κ2) is 5.39. The monoisotopic (exact) mass is 220 g/mol. The molecule has 1 aliphatic heterocycles. The zero-order valence-corrected chi connectivity index (χ0v) is 8.65. The van der Waals surface area contributed by atoms with Gasteiger partial charge >= 0.3 is 5.97 Å². The number of carboxylic acids is 1.